The van der Waals surface area contributed by atoms with E-state index in [0.29, 0.717) is 6.04 Å². The second kappa shape index (κ2) is 4.37. The lowest BCUT2D eigenvalue weighted by Crippen LogP contribution is -2.42. The average molecular weight is 192 g/mol. The van der Waals surface area contributed by atoms with E-state index in [1.54, 1.807) is 18.6 Å². The number of hydrogen-bond acceptors (Lipinski definition) is 4. The van der Waals surface area contributed by atoms with Crippen molar-refractivity contribution in [3.05, 3.63) is 18.6 Å². The molecule has 0 amide bonds. The minimum Gasteiger partial charge on any atom is -0.365 e. The number of rotatable bonds is 2. The molecule has 76 valence electrons. The van der Waals surface area contributed by atoms with Gasteiger partial charge in [-0.3, -0.25) is 4.98 Å². The van der Waals surface area contributed by atoms with E-state index in [-0.39, 0.29) is 0 Å². The van der Waals surface area contributed by atoms with Crippen molar-refractivity contribution in [2.45, 2.75) is 19.4 Å². The van der Waals surface area contributed by atoms with Crippen molar-refractivity contribution in [1.29, 1.82) is 0 Å². The molecule has 1 aromatic heterocycles. The van der Waals surface area contributed by atoms with Crippen molar-refractivity contribution >= 4 is 5.82 Å². The maximum absolute atomic E-state index is 4.20. The summed E-state index contributed by atoms with van der Waals surface area (Å²) in [6.07, 6.45) is 6.36. The molecule has 1 fully saturated rings. The fraction of sp³-hybridized carbons (Fsp3) is 0.600. The van der Waals surface area contributed by atoms with Crippen LogP contribution in [0.25, 0.3) is 0 Å². The summed E-state index contributed by atoms with van der Waals surface area (Å²) in [6, 6.07) is 0.482. The van der Waals surface area contributed by atoms with E-state index in [2.05, 4.69) is 27.5 Å². The molecule has 2 rings (SSSR count). The molecule has 2 atom stereocenters. The Morgan fingerprint density at radius 1 is 1.43 bits per heavy atom. The van der Waals surface area contributed by atoms with Crippen LogP contribution in [0.5, 0.6) is 0 Å². The molecule has 1 saturated heterocycles. The maximum Gasteiger partial charge on any atom is 0.144 e. The summed E-state index contributed by atoms with van der Waals surface area (Å²) in [7, 11) is 0. The highest BCUT2D eigenvalue weighted by Gasteiger charge is 2.18. The Labute approximate surface area is 84.2 Å². The van der Waals surface area contributed by atoms with E-state index >= 15 is 0 Å². The van der Waals surface area contributed by atoms with Gasteiger partial charge < -0.3 is 10.6 Å². The zero-order valence-corrected chi connectivity index (χ0v) is 8.40. The van der Waals surface area contributed by atoms with Gasteiger partial charge in [-0.05, 0) is 18.9 Å². The third kappa shape index (κ3) is 2.42. The monoisotopic (exact) mass is 192 g/mol. The number of piperidine rings is 1. The topological polar surface area (TPSA) is 49.8 Å². The highest BCUT2D eigenvalue weighted by atomic mass is 15.1. The summed E-state index contributed by atoms with van der Waals surface area (Å²) in [4.78, 5) is 8.22. The fourth-order valence-electron chi connectivity index (χ4n) is 1.85. The Hall–Kier alpha value is -1.16. The van der Waals surface area contributed by atoms with Crippen molar-refractivity contribution in [3.63, 3.8) is 0 Å². The zero-order chi connectivity index (χ0) is 9.80. The zero-order valence-electron chi connectivity index (χ0n) is 8.40. The highest BCUT2D eigenvalue weighted by Crippen LogP contribution is 2.12. The van der Waals surface area contributed by atoms with Gasteiger partial charge in [0.15, 0.2) is 0 Å². The lowest BCUT2D eigenvalue weighted by atomic mass is 9.98. The van der Waals surface area contributed by atoms with Gasteiger partial charge >= 0.3 is 0 Å². The molecule has 2 unspecified atom stereocenters. The third-order valence-electron chi connectivity index (χ3n) is 2.49. The van der Waals surface area contributed by atoms with Gasteiger partial charge in [0.05, 0.1) is 6.20 Å². The molecule has 14 heavy (non-hydrogen) atoms. The largest absolute Gasteiger partial charge is 0.365 e. The molecular weight excluding hydrogens is 176 g/mol. The normalized spacial score (nSPS) is 27.2. The molecule has 1 aliphatic heterocycles. The van der Waals surface area contributed by atoms with Crippen LogP contribution in [0.2, 0.25) is 0 Å². The summed E-state index contributed by atoms with van der Waals surface area (Å²) < 4.78 is 0. The van der Waals surface area contributed by atoms with E-state index in [4.69, 9.17) is 0 Å². The van der Waals surface area contributed by atoms with Gasteiger partial charge in [-0.25, -0.2) is 4.98 Å². The molecule has 2 heterocycles. The molecule has 2 N–H and O–H groups in total. The first-order valence-electron chi connectivity index (χ1n) is 5.08. The molecule has 0 radical (unpaired) electrons. The molecule has 0 saturated carbocycles. The van der Waals surface area contributed by atoms with Gasteiger partial charge in [-0.15, -0.1) is 0 Å². The quantitative estimate of drug-likeness (QED) is 0.730. The number of aromatic nitrogens is 2. The van der Waals surface area contributed by atoms with Crippen LogP contribution in [-0.2, 0) is 0 Å². The second-order valence-corrected chi connectivity index (χ2v) is 3.93. The SMILES string of the molecule is CC1CNCC(Nc2cnccn2)C1. The average Bonchev–Trinajstić information content (AvgIpc) is 2.19. The van der Waals surface area contributed by atoms with Crippen LogP contribution in [0.3, 0.4) is 0 Å². The first-order chi connectivity index (χ1) is 6.84. The summed E-state index contributed by atoms with van der Waals surface area (Å²) in [5, 5.41) is 6.77. The molecule has 0 bridgehead atoms. The van der Waals surface area contributed by atoms with Crippen molar-refractivity contribution in [2.24, 2.45) is 5.92 Å². The van der Waals surface area contributed by atoms with Crippen molar-refractivity contribution in [3.8, 4) is 0 Å². The van der Waals surface area contributed by atoms with Gasteiger partial charge in [0.25, 0.3) is 0 Å². The number of nitrogens with zero attached hydrogens (tertiary/aromatic N) is 2. The fourth-order valence-corrected chi connectivity index (χ4v) is 1.85. The standard InChI is InChI=1S/C10H16N4/c1-8-4-9(6-12-5-8)14-10-7-11-2-3-13-10/h2-3,7-9,12H,4-6H2,1H3,(H,13,14). The lowest BCUT2D eigenvalue weighted by Gasteiger charge is -2.28. The number of hydrogen-bond donors (Lipinski definition) is 2. The molecule has 4 nitrogen and oxygen atoms in total. The van der Waals surface area contributed by atoms with Gasteiger partial charge in [-0.1, -0.05) is 6.92 Å². The maximum atomic E-state index is 4.20. The van der Waals surface area contributed by atoms with E-state index in [9.17, 15) is 0 Å². The second-order valence-electron chi connectivity index (χ2n) is 3.93. The first kappa shape index (κ1) is 9.40. The van der Waals surface area contributed by atoms with Crippen molar-refractivity contribution < 1.29 is 0 Å². The van der Waals surface area contributed by atoms with Crippen LogP contribution < -0.4 is 10.6 Å². The van der Waals surface area contributed by atoms with E-state index < -0.39 is 0 Å². The molecular formula is C10H16N4. The molecule has 0 aromatic carbocycles. The Kier molecular flexibility index (Phi) is 2.93. The van der Waals surface area contributed by atoms with Gasteiger partial charge in [0.2, 0.25) is 0 Å². The van der Waals surface area contributed by atoms with Crippen LogP contribution in [-0.4, -0.2) is 29.1 Å². The lowest BCUT2D eigenvalue weighted by molar-refractivity contribution is 0.377. The number of anilines is 1. The van der Waals surface area contributed by atoms with Gasteiger partial charge in [0.1, 0.15) is 5.82 Å². The van der Waals surface area contributed by atoms with Gasteiger partial charge in [-0.2, -0.15) is 0 Å². The van der Waals surface area contributed by atoms with Gasteiger partial charge in [0, 0.05) is 25.0 Å². The molecule has 4 heteroatoms. The Morgan fingerprint density at radius 3 is 3.07 bits per heavy atom. The van der Waals surface area contributed by atoms with Crippen LogP contribution in [0.1, 0.15) is 13.3 Å². The van der Waals surface area contributed by atoms with Crippen LogP contribution >= 0.6 is 0 Å². The predicted octanol–water partition coefficient (Wildman–Crippen LogP) is 0.886. The van der Waals surface area contributed by atoms with Crippen LogP contribution in [0, 0.1) is 5.92 Å². The summed E-state index contributed by atoms with van der Waals surface area (Å²) in [5.41, 5.74) is 0. The van der Waals surface area contributed by atoms with E-state index in [1.807, 2.05) is 0 Å². The predicted molar refractivity (Wildman–Crippen MR) is 56.1 cm³/mol. The number of nitrogens with one attached hydrogen (secondary N) is 2. The molecule has 0 aliphatic carbocycles. The first-order valence-corrected chi connectivity index (χ1v) is 5.08. The molecule has 0 spiro atoms. The molecule has 1 aliphatic rings. The van der Waals surface area contributed by atoms with Crippen LogP contribution in [0.4, 0.5) is 5.82 Å². The van der Waals surface area contributed by atoms with E-state index in [0.717, 1.165) is 24.8 Å². The Bertz CT molecular complexity index is 275. The summed E-state index contributed by atoms with van der Waals surface area (Å²) >= 11 is 0. The minimum atomic E-state index is 0.482. The van der Waals surface area contributed by atoms with Crippen molar-refractivity contribution in [1.82, 2.24) is 15.3 Å². The smallest absolute Gasteiger partial charge is 0.144 e. The Morgan fingerprint density at radius 2 is 2.36 bits per heavy atom. The Balaban J connectivity index is 1.91. The van der Waals surface area contributed by atoms with E-state index in [1.165, 1.54) is 6.42 Å². The minimum absolute atomic E-state index is 0.482. The van der Waals surface area contributed by atoms with Crippen LogP contribution in [0.15, 0.2) is 18.6 Å². The highest BCUT2D eigenvalue weighted by molar-refractivity contribution is 5.31. The third-order valence-corrected chi connectivity index (χ3v) is 2.49. The molecule has 1 aromatic rings. The summed E-state index contributed by atoms with van der Waals surface area (Å²) in [5.74, 6) is 1.60. The van der Waals surface area contributed by atoms with Crippen molar-refractivity contribution in [2.75, 3.05) is 18.4 Å². The summed E-state index contributed by atoms with van der Waals surface area (Å²) in [6.45, 7) is 4.40.